The van der Waals surface area contributed by atoms with E-state index in [9.17, 15) is 0 Å². The molecule has 0 aromatic carbocycles. The summed E-state index contributed by atoms with van der Waals surface area (Å²) in [6, 6.07) is 4.10. The second-order valence-electron chi connectivity index (χ2n) is 3.28. The minimum Gasteiger partial charge on any atom is -0.326 e. The van der Waals surface area contributed by atoms with Crippen molar-refractivity contribution in [3.63, 3.8) is 0 Å². The van der Waals surface area contributed by atoms with Crippen LogP contribution in [-0.2, 0) is 6.54 Å². The van der Waals surface area contributed by atoms with E-state index in [4.69, 9.17) is 5.73 Å². The maximum Gasteiger partial charge on any atom is 0.141 e. The molecule has 2 aromatic heterocycles. The zero-order valence-corrected chi connectivity index (χ0v) is 7.91. The number of imidazole rings is 1. The number of rotatable bonds is 1. The molecule has 0 aliphatic heterocycles. The fourth-order valence-corrected chi connectivity index (χ4v) is 1.53. The number of fused-ring (bicyclic) bond motifs is 1. The Hall–Kier alpha value is -1.35. The van der Waals surface area contributed by atoms with Gasteiger partial charge in [0.25, 0.3) is 0 Å². The Morgan fingerprint density at radius 1 is 1.38 bits per heavy atom. The van der Waals surface area contributed by atoms with Crippen molar-refractivity contribution >= 4 is 5.65 Å². The number of aromatic nitrogens is 2. The molecule has 0 radical (unpaired) electrons. The van der Waals surface area contributed by atoms with Crippen LogP contribution in [0.15, 0.2) is 18.3 Å². The first-order valence-electron chi connectivity index (χ1n) is 4.36. The lowest BCUT2D eigenvalue weighted by molar-refractivity contribution is 1.02. The van der Waals surface area contributed by atoms with Gasteiger partial charge in [0.15, 0.2) is 0 Å². The third kappa shape index (κ3) is 1.21. The van der Waals surface area contributed by atoms with Crippen LogP contribution in [0.25, 0.3) is 5.65 Å². The SMILES string of the molecule is Cc1cn2c(C)ccc(CN)c2n1. The molecule has 68 valence electrons. The minimum atomic E-state index is 0.542. The molecule has 0 unspecified atom stereocenters. The first kappa shape index (κ1) is 8.26. The molecule has 0 fully saturated rings. The van der Waals surface area contributed by atoms with E-state index in [2.05, 4.69) is 22.4 Å². The molecule has 2 heterocycles. The van der Waals surface area contributed by atoms with Crippen molar-refractivity contribution in [2.24, 2.45) is 5.73 Å². The van der Waals surface area contributed by atoms with E-state index < -0.39 is 0 Å². The summed E-state index contributed by atoms with van der Waals surface area (Å²) < 4.78 is 2.08. The van der Waals surface area contributed by atoms with Crippen LogP contribution in [0.1, 0.15) is 17.0 Å². The predicted octanol–water partition coefficient (Wildman–Crippen LogP) is 1.41. The summed E-state index contributed by atoms with van der Waals surface area (Å²) in [7, 11) is 0. The maximum atomic E-state index is 5.62. The molecule has 0 amide bonds. The zero-order valence-electron chi connectivity index (χ0n) is 7.91. The molecule has 3 heteroatoms. The highest BCUT2D eigenvalue weighted by atomic mass is 15.0. The molecule has 3 nitrogen and oxygen atoms in total. The van der Waals surface area contributed by atoms with Gasteiger partial charge in [-0.1, -0.05) is 6.07 Å². The molecule has 0 saturated heterocycles. The van der Waals surface area contributed by atoms with Gasteiger partial charge in [-0.25, -0.2) is 4.98 Å². The van der Waals surface area contributed by atoms with E-state index >= 15 is 0 Å². The van der Waals surface area contributed by atoms with Crippen LogP contribution in [0.4, 0.5) is 0 Å². The first-order chi connectivity index (χ1) is 6.22. The van der Waals surface area contributed by atoms with Crippen molar-refractivity contribution in [3.05, 3.63) is 35.3 Å². The smallest absolute Gasteiger partial charge is 0.141 e. The number of nitrogens with two attached hydrogens (primary N) is 1. The predicted molar refractivity (Wildman–Crippen MR) is 52.6 cm³/mol. The third-order valence-electron chi connectivity index (χ3n) is 2.24. The highest BCUT2D eigenvalue weighted by molar-refractivity contribution is 5.50. The molecule has 0 atom stereocenters. The van der Waals surface area contributed by atoms with E-state index in [1.807, 2.05) is 19.2 Å². The number of nitrogens with zero attached hydrogens (tertiary/aromatic N) is 2. The summed E-state index contributed by atoms with van der Waals surface area (Å²) in [4.78, 5) is 4.43. The Balaban J connectivity index is 2.83. The van der Waals surface area contributed by atoms with Crippen molar-refractivity contribution in [3.8, 4) is 0 Å². The molecule has 2 N–H and O–H groups in total. The normalized spacial score (nSPS) is 11.0. The summed E-state index contributed by atoms with van der Waals surface area (Å²) >= 11 is 0. The van der Waals surface area contributed by atoms with E-state index in [1.165, 1.54) is 5.69 Å². The molecule has 0 aliphatic carbocycles. The Morgan fingerprint density at radius 3 is 2.85 bits per heavy atom. The van der Waals surface area contributed by atoms with Crippen LogP contribution >= 0.6 is 0 Å². The number of hydrogen-bond acceptors (Lipinski definition) is 2. The Labute approximate surface area is 77.2 Å². The first-order valence-corrected chi connectivity index (χ1v) is 4.36. The van der Waals surface area contributed by atoms with Crippen molar-refractivity contribution in [2.75, 3.05) is 0 Å². The van der Waals surface area contributed by atoms with Gasteiger partial charge in [0.05, 0.1) is 5.69 Å². The molecule has 0 spiro atoms. The minimum absolute atomic E-state index is 0.542. The Morgan fingerprint density at radius 2 is 2.15 bits per heavy atom. The number of pyridine rings is 1. The summed E-state index contributed by atoms with van der Waals surface area (Å²) in [6.45, 7) is 4.60. The molecule has 2 rings (SSSR count). The van der Waals surface area contributed by atoms with Gasteiger partial charge >= 0.3 is 0 Å². The molecular weight excluding hydrogens is 162 g/mol. The second kappa shape index (κ2) is 2.85. The van der Waals surface area contributed by atoms with Gasteiger partial charge < -0.3 is 10.1 Å². The number of hydrogen-bond donors (Lipinski definition) is 1. The maximum absolute atomic E-state index is 5.62. The van der Waals surface area contributed by atoms with Crippen LogP contribution in [0, 0.1) is 13.8 Å². The summed E-state index contributed by atoms with van der Waals surface area (Å²) in [5, 5.41) is 0. The Kier molecular flexibility index (Phi) is 1.81. The van der Waals surface area contributed by atoms with Crippen molar-refractivity contribution in [2.45, 2.75) is 20.4 Å². The lowest BCUT2D eigenvalue weighted by atomic mass is 10.2. The van der Waals surface area contributed by atoms with Crippen molar-refractivity contribution < 1.29 is 0 Å². The van der Waals surface area contributed by atoms with Crippen LogP contribution < -0.4 is 5.73 Å². The van der Waals surface area contributed by atoms with Gasteiger partial charge in [0, 0.05) is 24.0 Å². The standard InChI is InChI=1S/C10H13N3/c1-7-6-13-8(2)3-4-9(5-11)10(13)12-7/h3-4,6H,5,11H2,1-2H3. The van der Waals surface area contributed by atoms with Crippen molar-refractivity contribution in [1.82, 2.24) is 9.38 Å². The van der Waals surface area contributed by atoms with Gasteiger partial charge in [-0.3, -0.25) is 0 Å². The molecule has 0 aliphatic rings. The van der Waals surface area contributed by atoms with Crippen molar-refractivity contribution in [1.29, 1.82) is 0 Å². The van der Waals surface area contributed by atoms with Crippen LogP contribution in [0.2, 0.25) is 0 Å². The average molecular weight is 175 g/mol. The molecule has 2 aromatic rings. The van der Waals surface area contributed by atoms with E-state index in [0.717, 1.165) is 16.9 Å². The fourth-order valence-electron chi connectivity index (χ4n) is 1.53. The largest absolute Gasteiger partial charge is 0.326 e. The lowest BCUT2D eigenvalue weighted by Crippen LogP contribution is -2.01. The average Bonchev–Trinajstić information content (AvgIpc) is 2.48. The monoisotopic (exact) mass is 175 g/mol. The number of aryl methyl sites for hydroxylation is 2. The topological polar surface area (TPSA) is 43.3 Å². The second-order valence-corrected chi connectivity index (χ2v) is 3.28. The molecule has 13 heavy (non-hydrogen) atoms. The van der Waals surface area contributed by atoms with Gasteiger partial charge in [-0.15, -0.1) is 0 Å². The Bertz CT molecular complexity index is 443. The highest BCUT2D eigenvalue weighted by Crippen LogP contribution is 2.12. The van der Waals surface area contributed by atoms with Gasteiger partial charge in [-0.05, 0) is 19.9 Å². The van der Waals surface area contributed by atoms with Crippen LogP contribution in [-0.4, -0.2) is 9.38 Å². The van der Waals surface area contributed by atoms with E-state index in [1.54, 1.807) is 0 Å². The summed E-state index contributed by atoms with van der Waals surface area (Å²) in [5.41, 5.74) is 9.92. The van der Waals surface area contributed by atoms with E-state index in [0.29, 0.717) is 6.54 Å². The van der Waals surface area contributed by atoms with E-state index in [-0.39, 0.29) is 0 Å². The van der Waals surface area contributed by atoms with Gasteiger partial charge in [-0.2, -0.15) is 0 Å². The fraction of sp³-hybridized carbons (Fsp3) is 0.300. The molecule has 0 saturated carbocycles. The quantitative estimate of drug-likeness (QED) is 0.712. The molecular formula is C10H13N3. The van der Waals surface area contributed by atoms with Gasteiger partial charge in [0.2, 0.25) is 0 Å². The molecule has 0 bridgehead atoms. The lowest BCUT2D eigenvalue weighted by Gasteiger charge is -2.02. The highest BCUT2D eigenvalue weighted by Gasteiger charge is 2.04. The third-order valence-corrected chi connectivity index (χ3v) is 2.24. The van der Waals surface area contributed by atoms with Crippen LogP contribution in [0.3, 0.4) is 0 Å². The van der Waals surface area contributed by atoms with Crippen LogP contribution in [0.5, 0.6) is 0 Å². The zero-order chi connectivity index (χ0) is 9.42. The summed E-state index contributed by atoms with van der Waals surface area (Å²) in [6.07, 6.45) is 2.03. The summed E-state index contributed by atoms with van der Waals surface area (Å²) in [5.74, 6) is 0. The van der Waals surface area contributed by atoms with Gasteiger partial charge in [0.1, 0.15) is 5.65 Å².